The number of halogens is 1. The number of nitrogens with zero attached hydrogens (tertiary/aromatic N) is 1. The Bertz CT molecular complexity index is 442. The van der Waals surface area contributed by atoms with Gasteiger partial charge in [0, 0.05) is 48.8 Å². The molecule has 3 N–H and O–H groups in total. The average Bonchev–Trinajstić information content (AvgIpc) is 2.77. The fourth-order valence-corrected chi connectivity index (χ4v) is 2.63. The molecule has 0 spiro atoms. The second-order valence-electron chi connectivity index (χ2n) is 4.76. The third-order valence-electron chi connectivity index (χ3n) is 3.32. The van der Waals surface area contributed by atoms with Crippen molar-refractivity contribution in [3.63, 3.8) is 0 Å². The maximum absolute atomic E-state index is 11.7. The molecule has 1 fully saturated rings. The first kappa shape index (κ1) is 14.4. The van der Waals surface area contributed by atoms with Crippen molar-refractivity contribution in [2.24, 2.45) is 5.92 Å². The summed E-state index contributed by atoms with van der Waals surface area (Å²) in [5.74, 6) is 0.0330. The van der Waals surface area contributed by atoms with Crippen molar-refractivity contribution in [3.05, 3.63) is 28.5 Å². The molecule has 1 aromatic heterocycles. The summed E-state index contributed by atoms with van der Waals surface area (Å²) in [6.45, 7) is 1.89. The highest BCUT2D eigenvalue weighted by Crippen LogP contribution is 2.15. The first-order valence-electron chi connectivity index (χ1n) is 6.40. The smallest absolute Gasteiger partial charge is 0.220 e. The molecule has 0 aromatic carbocycles. The Hall–Kier alpha value is -0.980. The van der Waals surface area contributed by atoms with E-state index in [2.05, 4.69) is 31.5 Å². The summed E-state index contributed by atoms with van der Waals surface area (Å²) in [6.07, 6.45) is 4.23. The van der Waals surface area contributed by atoms with Crippen LogP contribution in [0.1, 0.15) is 12.0 Å². The number of pyridine rings is 1. The Labute approximate surface area is 120 Å². The third kappa shape index (κ3) is 4.26. The molecule has 5 nitrogen and oxygen atoms in total. The van der Waals surface area contributed by atoms with Crippen LogP contribution in [0.2, 0.25) is 0 Å². The fourth-order valence-electron chi connectivity index (χ4n) is 2.18. The molecule has 1 aliphatic rings. The van der Waals surface area contributed by atoms with Crippen molar-refractivity contribution in [1.82, 2.24) is 15.6 Å². The zero-order chi connectivity index (χ0) is 13.7. The first-order valence-corrected chi connectivity index (χ1v) is 7.20. The minimum absolute atomic E-state index is 0.00192. The van der Waals surface area contributed by atoms with Crippen LogP contribution >= 0.6 is 15.9 Å². The fraction of sp³-hybridized carbons (Fsp3) is 0.538. The molecule has 1 aromatic rings. The highest BCUT2D eigenvalue weighted by atomic mass is 79.9. The maximum Gasteiger partial charge on any atom is 0.220 e. The van der Waals surface area contributed by atoms with Crippen LogP contribution in [0.25, 0.3) is 0 Å². The lowest BCUT2D eigenvalue weighted by Crippen LogP contribution is -2.30. The van der Waals surface area contributed by atoms with Crippen molar-refractivity contribution in [2.45, 2.75) is 18.9 Å². The molecule has 19 heavy (non-hydrogen) atoms. The zero-order valence-corrected chi connectivity index (χ0v) is 12.2. The SMILES string of the molecule is O=C(C[C@@H]1CNC[C@H]1O)NCCc1ccncc1Br. The van der Waals surface area contributed by atoms with Gasteiger partial charge in [0.1, 0.15) is 0 Å². The molecule has 104 valence electrons. The van der Waals surface area contributed by atoms with Crippen LogP contribution in [0.5, 0.6) is 0 Å². The van der Waals surface area contributed by atoms with E-state index in [0.717, 1.165) is 16.5 Å². The summed E-state index contributed by atoms with van der Waals surface area (Å²) in [5.41, 5.74) is 1.12. The Morgan fingerprint density at radius 1 is 1.58 bits per heavy atom. The van der Waals surface area contributed by atoms with Gasteiger partial charge in [-0.1, -0.05) is 0 Å². The number of nitrogens with one attached hydrogen (secondary N) is 2. The van der Waals surface area contributed by atoms with Crippen molar-refractivity contribution in [2.75, 3.05) is 19.6 Å². The predicted molar refractivity (Wildman–Crippen MR) is 75.6 cm³/mol. The minimum Gasteiger partial charge on any atom is -0.391 e. The minimum atomic E-state index is -0.403. The Balaban J connectivity index is 1.71. The van der Waals surface area contributed by atoms with Gasteiger partial charge in [0.2, 0.25) is 5.91 Å². The van der Waals surface area contributed by atoms with E-state index in [1.54, 1.807) is 12.4 Å². The molecular formula is C13H18BrN3O2. The van der Waals surface area contributed by atoms with E-state index in [9.17, 15) is 9.90 Å². The van der Waals surface area contributed by atoms with E-state index >= 15 is 0 Å². The van der Waals surface area contributed by atoms with Gasteiger partial charge in [-0.2, -0.15) is 0 Å². The third-order valence-corrected chi connectivity index (χ3v) is 4.04. The number of amides is 1. The van der Waals surface area contributed by atoms with E-state index in [0.29, 0.717) is 26.1 Å². The Morgan fingerprint density at radius 2 is 2.42 bits per heavy atom. The topological polar surface area (TPSA) is 74.2 Å². The van der Waals surface area contributed by atoms with Crippen molar-refractivity contribution in [1.29, 1.82) is 0 Å². The summed E-state index contributed by atoms with van der Waals surface area (Å²) in [6, 6.07) is 1.93. The van der Waals surface area contributed by atoms with Crippen LogP contribution in [0.4, 0.5) is 0 Å². The monoisotopic (exact) mass is 327 g/mol. The lowest BCUT2D eigenvalue weighted by molar-refractivity contribution is -0.122. The summed E-state index contributed by atoms with van der Waals surface area (Å²) < 4.78 is 0.958. The molecule has 0 radical (unpaired) electrons. The van der Waals surface area contributed by atoms with Gasteiger partial charge < -0.3 is 15.7 Å². The number of carbonyl (C=O) groups excluding carboxylic acids is 1. The number of β-amino-alcohol motifs (C(OH)–C–C–N with tert-alkyl or cyclic N) is 1. The normalized spacial score (nSPS) is 22.4. The summed E-state index contributed by atoms with van der Waals surface area (Å²) in [7, 11) is 0. The molecule has 6 heteroatoms. The Kier molecular flexibility index (Phi) is 5.30. The summed E-state index contributed by atoms with van der Waals surface area (Å²) in [5, 5.41) is 15.6. The Morgan fingerprint density at radius 3 is 3.11 bits per heavy atom. The van der Waals surface area contributed by atoms with Crippen molar-refractivity contribution in [3.8, 4) is 0 Å². The maximum atomic E-state index is 11.7. The van der Waals surface area contributed by atoms with Crippen molar-refractivity contribution >= 4 is 21.8 Å². The van der Waals surface area contributed by atoms with Crippen LogP contribution in [-0.2, 0) is 11.2 Å². The number of aliphatic hydroxyl groups excluding tert-OH is 1. The lowest BCUT2D eigenvalue weighted by Gasteiger charge is -2.13. The van der Waals surface area contributed by atoms with E-state index < -0.39 is 6.10 Å². The average molecular weight is 328 g/mol. The number of aromatic nitrogens is 1. The number of rotatable bonds is 5. The molecule has 0 aliphatic carbocycles. The highest BCUT2D eigenvalue weighted by Gasteiger charge is 2.26. The first-order chi connectivity index (χ1) is 9.16. The second-order valence-corrected chi connectivity index (χ2v) is 5.61. The van der Waals surface area contributed by atoms with Crippen molar-refractivity contribution < 1.29 is 9.90 Å². The van der Waals surface area contributed by atoms with E-state index in [4.69, 9.17) is 0 Å². The highest BCUT2D eigenvalue weighted by molar-refractivity contribution is 9.10. The molecule has 1 amide bonds. The molecule has 2 rings (SSSR count). The van der Waals surface area contributed by atoms with E-state index in [1.807, 2.05) is 6.07 Å². The van der Waals surface area contributed by atoms with Gasteiger partial charge in [-0.25, -0.2) is 0 Å². The van der Waals surface area contributed by atoms with Gasteiger partial charge in [-0.05, 0) is 34.0 Å². The second kappa shape index (κ2) is 6.98. The number of hydrogen-bond donors (Lipinski definition) is 3. The van der Waals surface area contributed by atoms with E-state index in [1.165, 1.54) is 0 Å². The molecule has 2 heterocycles. The van der Waals surface area contributed by atoms with Gasteiger partial charge in [-0.3, -0.25) is 9.78 Å². The largest absolute Gasteiger partial charge is 0.391 e. The number of aliphatic hydroxyl groups is 1. The molecule has 0 unspecified atom stereocenters. The van der Waals surface area contributed by atoms with Crippen LogP contribution in [-0.4, -0.2) is 41.7 Å². The molecular weight excluding hydrogens is 310 g/mol. The number of carbonyl (C=O) groups is 1. The molecule has 0 saturated carbocycles. The van der Waals surface area contributed by atoms with Gasteiger partial charge in [0.05, 0.1) is 6.10 Å². The van der Waals surface area contributed by atoms with Gasteiger partial charge in [0.25, 0.3) is 0 Å². The van der Waals surface area contributed by atoms with Crippen LogP contribution < -0.4 is 10.6 Å². The quantitative estimate of drug-likeness (QED) is 0.735. The summed E-state index contributed by atoms with van der Waals surface area (Å²) in [4.78, 5) is 15.7. The van der Waals surface area contributed by atoms with Crippen LogP contribution in [0.3, 0.4) is 0 Å². The van der Waals surface area contributed by atoms with Gasteiger partial charge in [-0.15, -0.1) is 0 Å². The molecule has 2 atom stereocenters. The van der Waals surface area contributed by atoms with Crippen LogP contribution in [0.15, 0.2) is 22.9 Å². The zero-order valence-electron chi connectivity index (χ0n) is 10.6. The lowest BCUT2D eigenvalue weighted by atomic mass is 10.0. The van der Waals surface area contributed by atoms with Gasteiger partial charge in [0.15, 0.2) is 0 Å². The summed E-state index contributed by atoms with van der Waals surface area (Å²) >= 11 is 3.43. The number of hydrogen-bond acceptors (Lipinski definition) is 4. The standard InChI is InChI=1S/C13H18BrN3O2/c14-11-7-15-3-1-9(11)2-4-17-13(19)5-10-6-16-8-12(10)18/h1,3,7,10,12,16,18H,2,4-6,8H2,(H,17,19)/t10-,12-/m1/s1. The predicted octanol–water partition coefficient (Wildman–Crippen LogP) is 0.473. The van der Waals surface area contributed by atoms with Gasteiger partial charge >= 0.3 is 0 Å². The molecule has 1 aliphatic heterocycles. The molecule has 1 saturated heterocycles. The van der Waals surface area contributed by atoms with Crippen LogP contribution in [0, 0.1) is 5.92 Å². The molecule has 0 bridgehead atoms. The van der Waals surface area contributed by atoms with E-state index in [-0.39, 0.29) is 11.8 Å².